The highest BCUT2D eigenvalue weighted by atomic mass is 35.5. The molecule has 0 spiro atoms. The van der Waals surface area contributed by atoms with Gasteiger partial charge in [0.1, 0.15) is 0 Å². The summed E-state index contributed by atoms with van der Waals surface area (Å²) in [6, 6.07) is 23.6. The minimum Gasteiger partial charge on any atom is -0.294 e. The number of anilines is 1. The quantitative estimate of drug-likeness (QED) is 0.283. The van der Waals surface area contributed by atoms with E-state index in [0.717, 1.165) is 5.56 Å². The van der Waals surface area contributed by atoms with E-state index in [-0.39, 0.29) is 27.1 Å². The number of halogens is 2. The van der Waals surface area contributed by atoms with Crippen LogP contribution >= 0.6 is 23.2 Å². The molecule has 4 rings (SSSR count). The summed E-state index contributed by atoms with van der Waals surface area (Å²) < 4.78 is 28.5. The number of nitrogens with one attached hydrogen (secondary N) is 1. The lowest BCUT2D eigenvalue weighted by molar-refractivity contribution is 0.0984. The summed E-state index contributed by atoms with van der Waals surface area (Å²) >= 11 is 11.9. The molecule has 0 amide bonds. The van der Waals surface area contributed by atoms with Crippen molar-refractivity contribution in [2.75, 3.05) is 4.72 Å². The van der Waals surface area contributed by atoms with Crippen LogP contribution in [0.1, 0.15) is 27.9 Å². The highest BCUT2D eigenvalue weighted by Gasteiger charge is 2.18. The zero-order valence-electron chi connectivity index (χ0n) is 17.8. The average Bonchev–Trinajstić information content (AvgIpc) is 2.82. The summed E-state index contributed by atoms with van der Waals surface area (Å²) in [7, 11) is -3.96. The molecule has 8 heteroatoms. The van der Waals surface area contributed by atoms with Crippen LogP contribution < -0.4 is 4.72 Å². The topological polar surface area (TPSA) is 87.0 Å². The number of carbonyl (C=O) groups excluding carboxylic acids is 1. The van der Waals surface area contributed by atoms with Crippen LogP contribution in [0.25, 0.3) is 10.8 Å². The summed E-state index contributed by atoms with van der Waals surface area (Å²) in [5.74, 6) is -0.0587. The predicted octanol–water partition coefficient (Wildman–Crippen LogP) is 6.63. The highest BCUT2D eigenvalue weighted by Crippen LogP contribution is 2.30. The number of sulfonamides is 1. The molecule has 0 radical (unpaired) electrons. The predicted molar refractivity (Wildman–Crippen MR) is 135 cm³/mol. The summed E-state index contributed by atoms with van der Waals surface area (Å²) in [6.45, 7) is 0. The minimum atomic E-state index is -3.96. The minimum absolute atomic E-state index is 0.0587. The summed E-state index contributed by atoms with van der Waals surface area (Å²) in [5, 5.41) is 10.6. The molecule has 4 aromatic rings. The Morgan fingerprint density at radius 3 is 2.21 bits per heavy atom. The Bertz CT molecular complexity index is 1520. The zero-order chi connectivity index (χ0) is 24.3. The van der Waals surface area contributed by atoms with Crippen molar-refractivity contribution in [2.24, 2.45) is 0 Å². The van der Waals surface area contributed by atoms with Gasteiger partial charge in [-0.15, -0.1) is 0 Å². The number of aryl methyl sites for hydroxylation is 1. The first-order valence-electron chi connectivity index (χ1n) is 10.3. The van der Waals surface area contributed by atoms with Crippen LogP contribution in [0, 0.1) is 11.3 Å². The second-order valence-electron chi connectivity index (χ2n) is 7.65. The monoisotopic (exact) mass is 508 g/mol. The van der Waals surface area contributed by atoms with E-state index < -0.39 is 10.0 Å². The van der Waals surface area contributed by atoms with Crippen molar-refractivity contribution in [3.8, 4) is 6.07 Å². The van der Waals surface area contributed by atoms with Gasteiger partial charge in [-0.3, -0.25) is 9.52 Å². The van der Waals surface area contributed by atoms with E-state index in [1.165, 1.54) is 18.2 Å². The van der Waals surface area contributed by atoms with Gasteiger partial charge in [0, 0.05) is 27.4 Å². The van der Waals surface area contributed by atoms with Gasteiger partial charge in [-0.25, -0.2) is 8.42 Å². The lowest BCUT2D eigenvalue weighted by Gasteiger charge is -2.13. The molecular weight excluding hydrogens is 491 g/mol. The van der Waals surface area contributed by atoms with Crippen LogP contribution in [0.3, 0.4) is 0 Å². The first-order valence-corrected chi connectivity index (χ1v) is 12.5. The summed E-state index contributed by atoms with van der Waals surface area (Å²) in [5.41, 5.74) is 2.38. The van der Waals surface area contributed by atoms with Gasteiger partial charge < -0.3 is 0 Å². The number of fused-ring (bicyclic) bond motifs is 1. The largest absolute Gasteiger partial charge is 0.294 e. The van der Waals surface area contributed by atoms with Gasteiger partial charge in [0.15, 0.2) is 5.78 Å². The fourth-order valence-corrected chi connectivity index (χ4v) is 5.47. The third-order valence-corrected chi connectivity index (χ3v) is 7.12. The van der Waals surface area contributed by atoms with Crippen LogP contribution in [0.4, 0.5) is 5.69 Å². The highest BCUT2D eigenvalue weighted by molar-refractivity contribution is 7.92. The average molecular weight is 509 g/mol. The van der Waals surface area contributed by atoms with E-state index in [1.807, 2.05) is 12.1 Å². The zero-order valence-corrected chi connectivity index (χ0v) is 20.1. The smallest absolute Gasteiger partial charge is 0.262 e. The molecule has 4 aromatic carbocycles. The summed E-state index contributed by atoms with van der Waals surface area (Å²) in [6.07, 6.45) is 0.810. The molecule has 5 nitrogen and oxygen atoms in total. The van der Waals surface area contributed by atoms with Gasteiger partial charge in [-0.2, -0.15) is 5.26 Å². The number of Topliss-reactive ketones (excluding diaryl/α,β-unsaturated/α-hetero) is 1. The maximum Gasteiger partial charge on any atom is 0.262 e. The lowest BCUT2D eigenvalue weighted by Crippen LogP contribution is -2.13. The SMILES string of the molecule is N#Cc1ccc(CCC(=O)c2cccc3c(NS(=O)(=O)c4cc(Cl)cc(Cl)c4)cccc23)cc1. The molecule has 0 fully saturated rings. The Kier molecular flexibility index (Phi) is 6.90. The van der Waals surface area contributed by atoms with Crippen molar-refractivity contribution < 1.29 is 13.2 Å². The normalized spacial score (nSPS) is 11.2. The Balaban J connectivity index is 1.61. The molecule has 1 N–H and O–H groups in total. The van der Waals surface area contributed by atoms with Crippen molar-refractivity contribution in [1.29, 1.82) is 5.26 Å². The van der Waals surface area contributed by atoms with E-state index >= 15 is 0 Å². The van der Waals surface area contributed by atoms with Crippen molar-refractivity contribution in [3.05, 3.63) is 106 Å². The van der Waals surface area contributed by atoms with Crippen molar-refractivity contribution in [1.82, 2.24) is 0 Å². The van der Waals surface area contributed by atoms with Gasteiger partial charge in [0.2, 0.25) is 0 Å². The number of hydrogen-bond donors (Lipinski definition) is 1. The van der Waals surface area contributed by atoms with Gasteiger partial charge in [0.05, 0.1) is 22.2 Å². The van der Waals surface area contributed by atoms with Crippen LogP contribution in [-0.2, 0) is 16.4 Å². The standard InChI is InChI=1S/C26H18Cl2N2O3S/c27-19-13-20(28)15-21(14-19)34(32,33)30-25-6-2-3-22-23(25)4-1-5-24(22)26(31)12-11-17-7-9-18(16-29)10-8-17/h1-10,13-15,30H,11-12H2. The molecule has 34 heavy (non-hydrogen) atoms. The number of carbonyl (C=O) groups is 1. The maximum atomic E-state index is 13.0. The Labute approximate surface area is 207 Å². The van der Waals surface area contributed by atoms with Gasteiger partial charge in [-0.1, -0.05) is 65.7 Å². The number of hydrogen-bond acceptors (Lipinski definition) is 4. The third-order valence-electron chi connectivity index (χ3n) is 5.34. The van der Waals surface area contributed by atoms with Crippen molar-refractivity contribution >= 4 is 55.5 Å². The first-order chi connectivity index (χ1) is 16.3. The lowest BCUT2D eigenvalue weighted by atomic mass is 9.96. The number of nitriles is 1. The molecule has 0 aliphatic heterocycles. The molecular formula is C26H18Cl2N2O3S. The summed E-state index contributed by atoms with van der Waals surface area (Å²) in [4.78, 5) is 13.0. The van der Waals surface area contributed by atoms with Crippen molar-refractivity contribution in [2.45, 2.75) is 17.7 Å². The molecule has 0 bridgehead atoms. The molecule has 0 saturated heterocycles. The third kappa shape index (κ3) is 5.23. The number of ketones is 1. The van der Waals surface area contributed by atoms with E-state index in [9.17, 15) is 13.2 Å². The van der Waals surface area contributed by atoms with Crippen LogP contribution in [0.15, 0.2) is 83.8 Å². The molecule has 0 atom stereocenters. The molecule has 0 unspecified atom stereocenters. The van der Waals surface area contributed by atoms with Gasteiger partial charge >= 0.3 is 0 Å². The van der Waals surface area contributed by atoms with Crippen molar-refractivity contribution in [3.63, 3.8) is 0 Å². The van der Waals surface area contributed by atoms with Crippen LogP contribution in [0.2, 0.25) is 10.0 Å². The Hall–Kier alpha value is -3.37. The molecule has 0 aliphatic carbocycles. The molecule has 0 saturated carbocycles. The number of rotatable bonds is 7. The van der Waals surface area contributed by atoms with E-state index in [4.69, 9.17) is 28.5 Å². The second kappa shape index (κ2) is 9.86. The number of benzene rings is 4. The van der Waals surface area contributed by atoms with Gasteiger partial charge in [-0.05, 0) is 53.8 Å². The molecule has 0 aromatic heterocycles. The van der Waals surface area contributed by atoms with Gasteiger partial charge in [0.25, 0.3) is 10.0 Å². The fourth-order valence-electron chi connectivity index (χ4n) is 3.67. The number of nitrogens with zero attached hydrogens (tertiary/aromatic N) is 1. The molecule has 170 valence electrons. The Morgan fingerprint density at radius 2 is 1.53 bits per heavy atom. The fraction of sp³-hybridized carbons (Fsp3) is 0.0769. The molecule has 0 heterocycles. The van der Waals surface area contributed by atoms with Crippen LogP contribution in [0.5, 0.6) is 0 Å². The molecule has 0 aliphatic rings. The van der Waals surface area contributed by atoms with E-state index in [1.54, 1.807) is 48.5 Å². The second-order valence-corrected chi connectivity index (χ2v) is 10.2. The van der Waals surface area contributed by atoms with E-state index in [2.05, 4.69) is 10.8 Å². The Morgan fingerprint density at radius 1 is 0.882 bits per heavy atom. The van der Waals surface area contributed by atoms with Crippen LogP contribution in [-0.4, -0.2) is 14.2 Å². The maximum absolute atomic E-state index is 13.0. The first kappa shape index (κ1) is 23.8. The van der Waals surface area contributed by atoms with E-state index in [0.29, 0.717) is 34.0 Å².